The van der Waals surface area contributed by atoms with E-state index in [2.05, 4.69) is 5.32 Å². The number of benzene rings is 1. The number of likely N-dealkylation sites (N-methyl/N-ethyl adjacent to an activating group) is 1. The van der Waals surface area contributed by atoms with E-state index in [4.69, 9.17) is 0 Å². The summed E-state index contributed by atoms with van der Waals surface area (Å²) in [5.74, 6) is -1.06. The minimum Gasteiger partial charge on any atom is -0.348 e. The Kier molecular flexibility index (Phi) is 6.73. The predicted octanol–water partition coefficient (Wildman–Crippen LogP) is 1.11. The number of nitrogens with zero attached hydrogens (tertiary/aromatic N) is 2. The van der Waals surface area contributed by atoms with Gasteiger partial charge in [-0.3, -0.25) is 9.59 Å². The molecule has 0 bridgehead atoms. The summed E-state index contributed by atoms with van der Waals surface area (Å²) in [6.07, 6.45) is 0.823. The normalized spacial score (nSPS) is 10.4. The number of rotatable bonds is 6. The van der Waals surface area contributed by atoms with Gasteiger partial charge in [0.2, 0.25) is 0 Å². The number of carbonyl (C=O) groups excluding carboxylic acids is 2. The van der Waals surface area contributed by atoms with Crippen molar-refractivity contribution in [3.05, 3.63) is 30.3 Å². The summed E-state index contributed by atoms with van der Waals surface area (Å²) in [6.45, 7) is 3.71. The van der Waals surface area contributed by atoms with Crippen LogP contribution in [-0.4, -0.2) is 50.4 Å². The lowest BCUT2D eigenvalue weighted by Crippen LogP contribution is -2.43. The van der Waals surface area contributed by atoms with Gasteiger partial charge in [0.15, 0.2) is 0 Å². The first-order valence-electron chi connectivity index (χ1n) is 6.85. The van der Waals surface area contributed by atoms with Gasteiger partial charge in [-0.15, -0.1) is 0 Å². The smallest absolute Gasteiger partial charge is 0.316 e. The minimum absolute atomic E-state index is 0.466. The molecular formula is C15H23N3O2. The zero-order valence-electron chi connectivity index (χ0n) is 12.4. The number of nitrogens with one attached hydrogen (secondary N) is 1. The second kappa shape index (κ2) is 8.32. The Hall–Kier alpha value is -1.88. The van der Waals surface area contributed by atoms with Gasteiger partial charge in [-0.1, -0.05) is 18.2 Å². The van der Waals surface area contributed by atoms with Crippen LogP contribution in [0.15, 0.2) is 30.3 Å². The van der Waals surface area contributed by atoms with Gasteiger partial charge in [0.25, 0.3) is 0 Å². The lowest BCUT2D eigenvalue weighted by Gasteiger charge is -2.20. The fourth-order valence-corrected chi connectivity index (χ4v) is 1.85. The first-order chi connectivity index (χ1) is 9.56. The average Bonchev–Trinajstić information content (AvgIpc) is 2.45. The Bertz CT molecular complexity index is 432. The van der Waals surface area contributed by atoms with E-state index in [0.717, 1.165) is 18.7 Å². The van der Waals surface area contributed by atoms with Gasteiger partial charge in [-0.2, -0.15) is 0 Å². The first kappa shape index (κ1) is 16.2. The molecule has 0 saturated heterocycles. The van der Waals surface area contributed by atoms with E-state index >= 15 is 0 Å². The Labute approximate surface area is 120 Å². The third-order valence-electron chi connectivity index (χ3n) is 2.89. The van der Waals surface area contributed by atoms with Crippen LogP contribution in [0.5, 0.6) is 0 Å². The number of anilines is 1. The lowest BCUT2D eigenvalue weighted by atomic mass is 10.2. The molecule has 110 valence electrons. The molecule has 5 heteroatoms. The van der Waals surface area contributed by atoms with Gasteiger partial charge in [0, 0.05) is 18.8 Å². The van der Waals surface area contributed by atoms with Crippen molar-refractivity contribution in [2.75, 3.05) is 38.6 Å². The average molecular weight is 277 g/mol. The lowest BCUT2D eigenvalue weighted by molar-refractivity contribution is -0.137. The van der Waals surface area contributed by atoms with Gasteiger partial charge in [-0.05, 0) is 46.1 Å². The van der Waals surface area contributed by atoms with Crippen molar-refractivity contribution in [1.82, 2.24) is 10.2 Å². The van der Waals surface area contributed by atoms with Crippen molar-refractivity contribution in [3.8, 4) is 0 Å². The molecule has 1 rings (SSSR count). The highest BCUT2D eigenvalue weighted by molar-refractivity contribution is 6.40. The highest BCUT2D eigenvalue weighted by Crippen LogP contribution is 2.12. The van der Waals surface area contributed by atoms with Crippen LogP contribution >= 0.6 is 0 Å². The van der Waals surface area contributed by atoms with Crippen molar-refractivity contribution < 1.29 is 9.59 Å². The standard InChI is InChI=1S/C15H23N3O2/c1-4-18(13-9-6-5-7-10-13)15(20)14(19)16-11-8-12-17(2)3/h5-7,9-10H,4,8,11-12H2,1-3H3,(H,16,19). The van der Waals surface area contributed by atoms with Crippen LogP contribution in [0.3, 0.4) is 0 Å². The Morgan fingerprint density at radius 1 is 1.15 bits per heavy atom. The van der Waals surface area contributed by atoms with Crippen molar-refractivity contribution in [3.63, 3.8) is 0 Å². The molecule has 0 fully saturated rings. The molecule has 20 heavy (non-hydrogen) atoms. The maximum Gasteiger partial charge on any atom is 0.316 e. The zero-order valence-corrected chi connectivity index (χ0v) is 12.4. The molecule has 0 heterocycles. The van der Waals surface area contributed by atoms with E-state index in [1.807, 2.05) is 56.3 Å². The van der Waals surface area contributed by atoms with E-state index in [0.29, 0.717) is 13.1 Å². The van der Waals surface area contributed by atoms with Gasteiger partial charge in [-0.25, -0.2) is 0 Å². The molecule has 1 aromatic carbocycles. The fourth-order valence-electron chi connectivity index (χ4n) is 1.85. The molecule has 0 saturated carbocycles. The Morgan fingerprint density at radius 3 is 2.35 bits per heavy atom. The van der Waals surface area contributed by atoms with Crippen LogP contribution in [0.1, 0.15) is 13.3 Å². The number of carbonyl (C=O) groups is 2. The number of hydrogen-bond donors (Lipinski definition) is 1. The van der Waals surface area contributed by atoms with Gasteiger partial charge < -0.3 is 15.1 Å². The third-order valence-corrected chi connectivity index (χ3v) is 2.89. The Morgan fingerprint density at radius 2 is 1.80 bits per heavy atom. The Balaban J connectivity index is 2.52. The van der Waals surface area contributed by atoms with Crippen molar-refractivity contribution in [2.45, 2.75) is 13.3 Å². The van der Waals surface area contributed by atoms with Crippen LogP contribution < -0.4 is 10.2 Å². The van der Waals surface area contributed by atoms with Crippen molar-refractivity contribution in [1.29, 1.82) is 0 Å². The molecule has 0 unspecified atom stereocenters. The molecule has 2 amide bonds. The van der Waals surface area contributed by atoms with Crippen LogP contribution in [0.4, 0.5) is 5.69 Å². The summed E-state index contributed by atoms with van der Waals surface area (Å²) >= 11 is 0. The van der Waals surface area contributed by atoms with Crippen LogP contribution in [-0.2, 0) is 9.59 Å². The molecule has 0 atom stereocenters. The zero-order chi connectivity index (χ0) is 15.0. The number of amides is 2. The van der Waals surface area contributed by atoms with E-state index in [1.165, 1.54) is 4.90 Å². The predicted molar refractivity (Wildman–Crippen MR) is 80.6 cm³/mol. The van der Waals surface area contributed by atoms with E-state index in [9.17, 15) is 9.59 Å². The molecular weight excluding hydrogens is 254 g/mol. The van der Waals surface area contributed by atoms with Gasteiger partial charge >= 0.3 is 11.8 Å². The molecule has 1 N–H and O–H groups in total. The topological polar surface area (TPSA) is 52.7 Å². The number of para-hydroxylation sites is 1. The van der Waals surface area contributed by atoms with Crippen molar-refractivity contribution in [2.24, 2.45) is 0 Å². The monoisotopic (exact) mass is 277 g/mol. The fraction of sp³-hybridized carbons (Fsp3) is 0.467. The van der Waals surface area contributed by atoms with Crippen LogP contribution in [0, 0.1) is 0 Å². The van der Waals surface area contributed by atoms with Crippen molar-refractivity contribution >= 4 is 17.5 Å². The highest BCUT2D eigenvalue weighted by Gasteiger charge is 2.21. The number of hydrogen-bond acceptors (Lipinski definition) is 3. The highest BCUT2D eigenvalue weighted by atomic mass is 16.2. The molecule has 0 spiro atoms. The molecule has 5 nitrogen and oxygen atoms in total. The molecule has 0 radical (unpaired) electrons. The summed E-state index contributed by atoms with van der Waals surface area (Å²) in [6, 6.07) is 9.21. The second-order valence-corrected chi connectivity index (χ2v) is 4.80. The molecule has 0 aliphatic rings. The van der Waals surface area contributed by atoms with E-state index < -0.39 is 11.8 Å². The maximum atomic E-state index is 12.1. The van der Waals surface area contributed by atoms with Gasteiger partial charge in [0.1, 0.15) is 0 Å². The summed E-state index contributed by atoms with van der Waals surface area (Å²) in [5.41, 5.74) is 0.739. The van der Waals surface area contributed by atoms with Crippen LogP contribution in [0.2, 0.25) is 0 Å². The summed E-state index contributed by atoms with van der Waals surface area (Å²) < 4.78 is 0. The quantitative estimate of drug-likeness (QED) is 0.626. The third kappa shape index (κ3) is 5.01. The van der Waals surface area contributed by atoms with E-state index in [-0.39, 0.29) is 0 Å². The first-order valence-corrected chi connectivity index (χ1v) is 6.85. The minimum atomic E-state index is -0.547. The molecule has 1 aromatic rings. The van der Waals surface area contributed by atoms with Crippen LogP contribution in [0.25, 0.3) is 0 Å². The summed E-state index contributed by atoms with van der Waals surface area (Å²) in [5, 5.41) is 2.67. The van der Waals surface area contributed by atoms with Gasteiger partial charge in [0.05, 0.1) is 0 Å². The summed E-state index contributed by atoms with van der Waals surface area (Å²) in [4.78, 5) is 27.5. The largest absolute Gasteiger partial charge is 0.348 e. The maximum absolute atomic E-state index is 12.1. The molecule has 0 aliphatic heterocycles. The summed E-state index contributed by atoms with van der Waals surface area (Å²) in [7, 11) is 3.95. The molecule has 0 aromatic heterocycles. The molecule has 0 aliphatic carbocycles. The second-order valence-electron chi connectivity index (χ2n) is 4.80. The van der Waals surface area contributed by atoms with E-state index in [1.54, 1.807) is 0 Å². The SMILES string of the molecule is CCN(C(=O)C(=O)NCCCN(C)C)c1ccccc1.